The van der Waals surface area contributed by atoms with Crippen LogP contribution in [0.5, 0.6) is 17.2 Å². The van der Waals surface area contributed by atoms with Crippen molar-refractivity contribution in [2.45, 2.75) is 17.0 Å². The van der Waals surface area contributed by atoms with Crippen LogP contribution in [0.3, 0.4) is 0 Å². The lowest BCUT2D eigenvalue weighted by molar-refractivity contribution is 0.324. The molecule has 2 heterocycles. The minimum absolute atomic E-state index is 0.360. The lowest BCUT2D eigenvalue weighted by Crippen LogP contribution is -1.95. The number of nitrogens with zero attached hydrogens (tertiary/aromatic N) is 4. The first-order valence-corrected chi connectivity index (χ1v) is 11.3. The van der Waals surface area contributed by atoms with E-state index < -0.39 is 0 Å². The summed E-state index contributed by atoms with van der Waals surface area (Å²) < 4.78 is 22.7. The molecule has 11 heteroatoms. The number of aryl methyl sites for hydroxylation is 1. The van der Waals surface area contributed by atoms with Gasteiger partial charge in [-0.1, -0.05) is 40.8 Å². The molecule has 0 saturated carbocycles. The molecule has 2 aromatic carbocycles. The molecular formula is C21H21N5O4S2. The molecule has 32 heavy (non-hydrogen) atoms. The van der Waals surface area contributed by atoms with Gasteiger partial charge in [-0.15, -0.1) is 20.4 Å². The third-order valence-electron chi connectivity index (χ3n) is 4.41. The summed E-state index contributed by atoms with van der Waals surface area (Å²) in [6.07, 6.45) is 0. The zero-order chi connectivity index (χ0) is 22.5. The van der Waals surface area contributed by atoms with Crippen LogP contribution in [-0.2, 0) is 5.75 Å². The lowest BCUT2D eigenvalue weighted by atomic mass is 10.2. The second-order valence-corrected chi connectivity index (χ2v) is 8.77. The Morgan fingerprint density at radius 1 is 0.938 bits per heavy atom. The van der Waals surface area contributed by atoms with Gasteiger partial charge in [0.05, 0.1) is 27.1 Å². The van der Waals surface area contributed by atoms with Crippen LogP contribution in [0.1, 0.15) is 11.5 Å². The van der Waals surface area contributed by atoms with E-state index in [1.807, 2.05) is 31.2 Å². The summed E-state index contributed by atoms with van der Waals surface area (Å²) >= 11 is 2.94. The van der Waals surface area contributed by atoms with Crippen molar-refractivity contribution < 1.29 is 18.6 Å². The van der Waals surface area contributed by atoms with Crippen molar-refractivity contribution in [2.75, 3.05) is 26.6 Å². The maximum absolute atomic E-state index is 5.82. The molecule has 0 bridgehead atoms. The van der Waals surface area contributed by atoms with Crippen molar-refractivity contribution in [1.29, 1.82) is 0 Å². The first-order valence-electron chi connectivity index (χ1n) is 9.52. The zero-order valence-electron chi connectivity index (χ0n) is 17.9. The number of anilines is 2. The second kappa shape index (κ2) is 9.88. The van der Waals surface area contributed by atoms with Crippen molar-refractivity contribution in [2.24, 2.45) is 0 Å². The number of benzene rings is 2. The fourth-order valence-corrected chi connectivity index (χ4v) is 4.44. The molecule has 1 N–H and O–H groups in total. The molecule has 0 atom stereocenters. The molecule has 0 aliphatic carbocycles. The van der Waals surface area contributed by atoms with Gasteiger partial charge < -0.3 is 23.9 Å². The summed E-state index contributed by atoms with van der Waals surface area (Å²) in [6.45, 7) is 2.05. The molecule has 0 aliphatic rings. The van der Waals surface area contributed by atoms with Crippen LogP contribution in [0.2, 0.25) is 0 Å². The van der Waals surface area contributed by atoms with E-state index in [2.05, 4.69) is 25.7 Å². The fourth-order valence-electron chi connectivity index (χ4n) is 2.84. The molecule has 0 unspecified atom stereocenters. The number of rotatable bonds is 9. The van der Waals surface area contributed by atoms with E-state index in [9.17, 15) is 0 Å². The maximum atomic E-state index is 5.82. The van der Waals surface area contributed by atoms with Gasteiger partial charge in [0.2, 0.25) is 22.7 Å². The van der Waals surface area contributed by atoms with E-state index in [-0.39, 0.29) is 0 Å². The Bertz CT molecular complexity index is 1170. The van der Waals surface area contributed by atoms with Crippen LogP contribution in [0.4, 0.5) is 10.8 Å². The number of hydrogen-bond donors (Lipinski definition) is 1. The average molecular weight is 472 g/mol. The Morgan fingerprint density at radius 3 is 2.31 bits per heavy atom. The quantitative estimate of drug-likeness (QED) is 0.337. The van der Waals surface area contributed by atoms with Gasteiger partial charge in [0.1, 0.15) is 0 Å². The van der Waals surface area contributed by atoms with Crippen molar-refractivity contribution in [3.63, 3.8) is 0 Å². The van der Waals surface area contributed by atoms with Gasteiger partial charge in [-0.2, -0.15) is 0 Å². The molecule has 0 amide bonds. The zero-order valence-corrected chi connectivity index (χ0v) is 19.5. The fraction of sp³-hybridized carbons (Fsp3) is 0.238. The highest BCUT2D eigenvalue weighted by Crippen LogP contribution is 2.41. The summed E-state index contributed by atoms with van der Waals surface area (Å²) in [7, 11) is 4.67. The highest BCUT2D eigenvalue weighted by atomic mass is 32.2. The summed E-state index contributed by atoms with van der Waals surface area (Å²) in [4.78, 5) is 0. The molecule has 0 saturated heterocycles. The first-order chi connectivity index (χ1) is 15.6. The van der Waals surface area contributed by atoms with Crippen molar-refractivity contribution in [3.8, 4) is 28.7 Å². The predicted octanol–water partition coefficient (Wildman–Crippen LogP) is 4.96. The minimum atomic E-state index is 0.360. The Hall–Kier alpha value is -3.31. The van der Waals surface area contributed by atoms with Crippen molar-refractivity contribution >= 4 is 33.9 Å². The Morgan fingerprint density at radius 2 is 1.66 bits per heavy atom. The average Bonchev–Trinajstić information content (AvgIpc) is 3.47. The molecule has 9 nitrogen and oxygen atoms in total. The standard InChI is InChI=1S/C21H21N5O4S2/c1-12-5-7-14(8-6-12)22-20-25-26-21(32-20)31-11-17-23-24-19(30-17)13-9-15(27-2)18(29-4)16(10-13)28-3/h5-10H,11H2,1-4H3,(H,22,25). The van der Waals surface area contributed by atoms with E-state index in [1.165, 1.54) is 28.7 Å². The van der Waals surface area contributed by atoms with E-state index in [0.29, 0.717) is 40.3 Å². The van der Waals surface area contributed by atoms with E-state index >= 15 is 0 Å². The summed E-state index contributed by atoms with van der Waals surface area (Å²) in [5, 5.41) is 20.6. The van der Waals surface area contributed by atoms with Crippen LogP contribution < -0.4 is 19.5 Å². The number of aromatic nitrogens is 4. The number of ether oxygens (including phenoxy) is 3. The van der Waals surface area contributed by atoms with E-state index in [1.54, 1.807) is 33.5 Å². The SMILES string of the molecule is COc1cc(-c2nnc(CSc3nnc(Nc4ccc(C)cc4)s3)o2)cc(OC)c1OC. The highest BCUT2D eigenvalue weighted by Gasteiger charge is 2.18. The number of hydrogen-bond acceptors (Lipinski definition) is 11. The Balaban J connectivity index is 1.42. The second-order valence-electron chi connectivity index (χ2n) is 6.57. The molecule has 4 rings (SSSR count). The number of methoxy groups -OCH3 is 3. The van der Waals surface area contributed by atoms with E-state index in [4.69, 9.17) is 18.6 Å². The van der Waals surface area contributed by atoms with E-state index in [0.717, 1.165) is 15.2 Å². The van der Waals surface area contributed by atoms with Gasteiger partial charge in [-0.25, -0.2) is 0 Å². The van der Waals surface area contributed by atoms with Gasteiger partial charge in [0, 0.05) is 11.3 Å². The first kappa shape index (κ1) is 21.9. The third kappa shape index (κ3) is 4.94. The molecule has 4 aromatic rings. The number of thioether (sulfide) groups is 1. The molecule has 0 spiro atoms. The molecule has 0 radical (unpaired) electrons. The summed E-state index contributed by atoms with van der Waals surface area (Å²) in [6, 6.07) is 11.6. The van der Waals surface area contributed by atoms with Gasteiger partial charge in [0.15, 0.2) is 15.8 Å². The van der Waals surface area contributed by atoms with Crippen LogP contribution in [0.15, 0.2) is 45.2 Å². The van der Waals surface area contributed by atoms with Gasteiger partial charge >= 0.3 is 0 Å². The van der Waals surface area contributed by atoms with Crippen molar-refractivity contribution in [1.82, 2.24) is 20.4 Å². The molecular weight excluding hydrogens is 450 g/mol. The highest BCUT2D eigenvalue weighted by molar-refractivity contribution is 8.00. The summed E-state index contributed by atoms with van der Waals surface area (Å²) in [5.74, 6) is 2.83. The van der Waals surface area contributed by atoms with Crippen LogP contribution in [0.25, 0.3) is 11.5 Å². The van der Waals surface area contributed by atoms with Crippen LogP contribution in [-0.4, -0.2) is 41.7 Å². The van der Waals surface area contributed by atoms with Crippen LogP contribution >= 0.6 is 23.1 Å². The Kier molecular flexibility index (Phi) is 6.76. The monoisotopic (exact) mass is 471 g/mol. The van der Waals surface area contributed by atoms with Gasteiger partial charge in [0.25, 0.3) is 0 Å². The molecule has 0 fully saturated rings. The smallest absolute Gasteiger partial charge is 0.248 e. The van der Waals surface area contributed by atoms with Gasteiger partial charge in [-0.05, 0) is 31.2 Å². The summed E-state index contributed by atoms with van der Waals surface area (Å²) in [5.41, 5.74) is 2.84. The van der Waals surface area contributed by atoms with Crippen molar-refractivity contribution in [3.05, 3.63) is 47.9 Å². The largest absolute Gasteiger partial charge is 0.493 e. The lowest BCUT2D eigenvalue weighted by Gasteiger charge is -2.12. The van der Waals surface area contributed by atoms with Gasteiger partial charge in [-0.3, -0.25) is 0 Å². The molecule has 166 valence electrons. The maximum Gasteiger partial charge on any atom is 0.248 e. The number of nitrogens with one attached hydrogen (secondary N) is 1. The normalized spacial score (nSPS) is 10.8. The molecule has 0 aliphatic heterocycles. The topological polar surface area (TPSA) is 104 Å². The predicted molar refractivity (Wildman–Crippen MR) is 123 cm³/mol. The molecule has 2 aromatic heterocycles. The third-order valence-corrected chi connectivity index (χ3v) is 6.36. The minimum Gasteiger partial charge on any atom is -0.493 e. The Labute approximate surface area is 193 Å². The van der Waals surface area contributed by atoms with Crippen LogP contribution in [0, 0.1) is 6.92 Å².